The highest BCUT2D eigenvalue weighted by molar-refractivity contribution is 5.74. The van der Waals surface area contributed by atoms with Crippen molar-refractivity contribution in [2.24, 2.45) is 0 Å². The van der Waals surface area contributed by atoms with E-state index in [2.05, 4.69) is 26.0 Å². The van der Waals surface area contributed by atoms with Crippen molar-refractivity contribution in [1.82, 2.24) is 9.61 Å². The molecule has 20 heavy (non-hydrogen) atoms. The summed E-state index contributed by atoms with van der Waals surface area (Å²) < 4.78 is 8.57. The fourth-order valence-corrected chi connectivity index (χ4v) is 2.43. The van der Waals surface area contributed by atoms with Gasteiger partial charge in [-0.3, -0.25) is 0 Å². The van der Waals surface area contributed by atoms with Crippen molar-refractivity contribution in [3.8, 4) is 5.88 Å². The van der Waals surface area contributed by atoms with Crippen LogP contribution in [0.3, 0.4) is 0 Å². The molecule has 0 amide bonds. The predicted octanol–water partition coefficient (Wildman–Crippen LogP) is 2.17. The number of likely N-dealkylation sites (N-methyl/N-ethyl adjacent to an activating group) is 1. The first-order chi connectivity index (χ1) is 9.59. The highest BCUT2D eigenvalue weighted by Gasteiger charge is 2.18. The van der Waals surface area contributed by atoms with Crippen LogP contribution in [-0.4, -0.2) is 47.4 Å². The van der Waals surface area contributed by atoms with Gasteiger partial charge in [-0.1, -0.05) is 13.0 Å². The molecule has 2 aromatic heterocycles. The maximum absolute atomic E-state index is 6.07. The third-order valence-corrected chi connectivity index (χ3v) is 3.94. The van der Waals surface area contributed by atoms with Gasteiger partial charge in [0.1, 0.15) is 18.8 Å². The minimum atomic E-state index is 0.537. The Balaban J connectivity index is 2.01. The van der Waals surface area contributed by atoms with Crippen molar-refractivity contribution in [3.05, 3.63) is 24.4 Å². The van der Waals surface area contributed by atoms with Crippen molar-refractivity contribution in [2.45, 2.75) is 20.3 Å². The van der Waals surface area contributed by atoms with Crippen molar-refractivity contribution in [1.29, 1.82) is 0 Å². The molecule has 2 aromatic rings. The number of nitrogen functional groups attached to an aromatic ring is 1. The lowest BCUT2D eigenvalue weighted by atomic mass is 10.3. The van der Waals surface area contributed by atoms with E-state index in [9.17, 15) is 0 Å². The number of pyridine rings is 1. The van der Waals surface area contributed by atoms with Gasteiger partial charge < -0.3 is 15.0 Å². The number of hydrogen-bond donors (Lipinski definition) is 1. The predicted molar refractivity (Wildman–Crippen MR) is 81.8 cm³/mol. The van der Waals surface area contributed by atoms with Crippen LogP contribution >= 0.6 is 0 Å². The molecule has 0 saturated heterocycles. The average Bonchev–Trinajstić information content (AvgIpc) is 2.77. The second-order valence-electron chi connectivity index (χ2n) is 5.48. The van der Waals surface area contributed by atoms with E-state index < -0.39 is 0 Å². The van der Waals surface area contributed by atoms with Gasteiger partial charge in [0.15, 0.2) is 0 Å². The molecule has 110 valence electrons. The molecular formula is C15H25N4O+. The molecule has 5 heteroatoms. The number of nitrogens with zero attached hydrogens (tertiary/aromatic N) is 3. The Morgan fingerprint density at radius 1 is 1.30 bits per heavy atom. The Morgan fingerprint density at radius 3 is 2.75 bits per heavy atom. The average molecular weight is 277 g/mol. The Morgan fingerprint density at radius 2 is 2.10 bits per heavy atom. The summed E-state index contributed by atoms with van der Waals surface area (Å²) in [6.45, 7) is 8.32. The molecule has 0 aromatic carbocycles. The monoisotopic (exact) mass is 277 g/mol. The van der Waals surface area contributed by atoms with Gasteiger partial charge in [0, 0.05) is 6.20 Å². The highest BCUT2D eigenvalue weighted by Crippen LogP contribution is 2.24. The van der Waals surface area contributed by atoms with Crippen molar-refractivity contribution in [2.75, 3.05) is 39.0 Å². The zero-order valence-corrected chi connectivity index (χ0v) is 12.7. The highest BCUT2D eigenvalue weighted by atomic mass is 16.5. The molecule has 0 spiro atoms. The van der Waals surface area contributed by atoms with Crippen LogP contribution in [0.15, 0.2) is 24.4 Å². The molecule has 2 N–H and O–H groups in total. The lowest BCUT2D eigenvalue weighted by molar-refractivity contribution is -0.907. The van der Waals surface area contributed by atoms with Gasteiger partial charge in [-0.2, -0.15) is 0 Å². The first kappa shape index (κ1) is 14.7. The number of fused-ring (bicyclic) bond motifs is 1. The van der Waals surface area contributed by atoms with Gasteiger partial charge in [0.05, 0.1) is 25.7 Å². The van der Waals surface area contributed by atoms with Crippen LogP contribution in [-0.2, 0) is 0 Å². The van der Waals surface area contributed by atoms with E-state index in [1.54, 1.807) is 4.52 Å². The Kier molecular flexibility index (Phi) is 4.49. The third kappa shape index (κ3) is 3.04. The molecule has 1 atom stereocenters. The minimum absolute atomic E-state index is 0.537. The largest absolute Gasteiger partial charge is 0.469 e. The first-order valence-electron chi connectivity index (χ1n) is 7.29. The number of rotatable bonds is 7. The summed E-state index contributed by atoms with van der Waals surface area (Å²) in [6, 6.07) is 5.82. The van der Waals surface area contributed by atoms with E-state index in [0.717, 1.165) is 23.1 Å². The summed E-state index contributed by atoms with van der Waals surface area (Å²) in [5, 5.41) is 4.37. The Hall–Kier alpha value is -1.75. The van der Waals surface area contributed by atoms with E-state index in [0.29, 0.717) is 18.2 Å². The lowest BCUT2D eigenvalue weighted by Gasteiger charge is -2.32. The number of ether oxygens (including phenoxy) is 1. The molecule has 1 unspecified atom stereocenters. The minimum Gasteiger partial charge on any atom is -0.469 e. The van der Waals surface area contributed by atoms with E-state index >= 15 is 0 Å². The SMILES string of the molecule is CCC[N+](C)(CC)CCOc1nn2ccccc2c1N. The molecule has 5 nitrogen and oxygen atoms in total. The van der Waals surface area contributed by atoms with Gasteiger partial charge >= 0.3 is 0 Å². The topological polar surface area (TPSA) is 52.5 Å². The normalized spacial score (nSPS) is 14.3. The molecule has 0 saturated carbocycles. The summed E-state index contributed by atoms with van der Waals surface area (Å²) >= 11 is 0. The lowest BCUT2D eigenvalue weighted by Crippen LogP contribution is -2.47. The summed E-state index contributed by atoms with van der Waals surface area (Å²) in [5.41, 5.74) is 7.58. The smallest absolute Gasteiger partial charge is 0.257 e. The maximum atomic E-state index is 6.07. The van der Waals surface area contributed by atoms with Crippen LogP contribution in [0.5, 0.6) is 5.88 Å². The number of quaternary nitrogens is 1. The Bertz CT molecular complexity index is 566. The van der Waals surface area contributed by atoms with Crippen LogP contribution in [0.2, 0.25) is 0 Å². The molecule has 2 rings (SSSR count). The van der Waals surface area contributed by atoms with Crippen LogP contribution < -0.4 is 10.5 Å². The summed E-state index contributed by atoms with van der Waals surface area (Å²) in [6.07, 6.45) is 3.06. The molecule has 0 fully saturated rings. The Labute approximate surface area is 120 Å². The van der Waals surface area contributed by atoms with Crippen LogP contribution in [0.4, 0.5) is 5.69 Å². The number of aromatic nitrogens is 2. The van der Waals surface area contributed by atoms with Crippen molar-refractivity contribution < 1.29 is 9.22 Å². The van der Waals surface area contributed by atoms with Crippen LogP contribution in [0.25, 0.3) is 5.52 Å². The second-order valence-corrected chi connectivity index (χ2v) is 5.48. The fourth-order valence-electron chi connectivity index (χ4n) is 2.43. The van der Waals surface area contributed by atoms with Crippen LogP contribution in [0.1, 0.15) is 20.3 Å². The molecule has 0 aliphatic carbocycles. The molecule has 0 aliphatic heterocycles. The third-order valence-electron chi connectivity index (χ3n) is 3.94. The standard InChI is InChI=1S/C15H25N4O/c1-4-10-19(3,5-2)11-12-20-15-14(16)13-8-6-7-9-18(13)17-15/h6-9H,4-5,10-12,16H2,1-3H3/q+1. The summed E-state index contributed by atoms with van der Waals surface area (Å²) in [4.78, 5) is 0. The maximum Gasteiger partial charge on any atom is 0.257 e. The van der Waals surface area contributed by atoms with Gasteiger partial charge in [-0.05, 0) is 25.5 Å². The molecule has 0 radical (unpaired) electrons. The summed E-state index contributed by atoms with van der Waals surface area (Å²) in [5.74, 6) is 0.537. The second kappa shape index (κ2) is 6.13. The molecule has 0 bridgehead atoms. The molecular weight excluding hydrogens is 252 g/mol. The van der Waals surface area contributed by atoms with Gasteiger partial charge in [-0.25, -0.2) is 4.52 Å². The molecule has 2 heterocycles. The number of anilines is 1. The van der Waals surface area contributed by atoms with Crippen molar-refractivity contribution in [3.63, 3.8) is 0 Å². The number of nitrogens with two attached hydrogens (primary N) is 1. The van der Waals surface area contributed by atoms with Crippen molar-refractivity contribution >= 4 is 11.2 Å². The van der Waals surface area contributed by atoms with E-state index in [1.165, 1.54) is 13.0 Å². The first-order valence-corrected chi connectivity index (χ1v) is 7.29. The number of hydrogen-bond acceptors (Lipinski definition) is 3. The van der Waals surface area contributed by atoms with E-state index in [1.807, 2.05) is 24.4 Å². The van der Waals surface area contributed by atoms with E-state index in [-0.39, 0.29) is 0 Å². The quantitative estimate of drug-likeness (QED) is 0.789. The zero-order chi connectivity index (χ0) is 14.6. The van der Waals surface area contributed by atoms with Gasteiger partial charge in [-0.15, -0.1) is 5.10 Å². The van der Waals surface area contributed by atoms with Gasteiger partial charge in [0.2, 0.25) is 0 Å². The van der Waals surface area contributed by atoms with Gasteiger partial charge in [0.25, 0.3) is 5.88 Å². The summed E-state index contributed by atoms with van der Waals surface area (Å²) in [7, 11) is 2.26. The zero-order valence-electron chi connectivity index (χ0n) is 12.7. The molecule has 0 aliphatic rings. The van der Waals surface area contributed by atoms with E-state index in [4.69, 9.17) is 10.5 Å². The fraction of sp³-hybridized carbons (Fsp3) is 0.533. The van der Waals surface area contributed by atoms with Crippen LogP contribution in [0, 0.1) is 0 Å².